The van der Waals surface area contributed by atoms with Crippen molar-refractivity contribution in [2.45, 2.75) is 20.5 Å². The summed E-state index contributed by atoms with van der Waals surface area (Å²) in [6, 6.07) is 13.2. The number of aliphatic hydroxyl groups is 1. The normalized spacial score (nSPS) is 10.2. The van der Waals surface area contributed by atoms with Crippen LogP contribution in [0.3, 0.4) is 0 Å². The van der Waals surface area contributed by atoms with E-state index in [1.807, 2.05) is 38.1 Å². The number of amides is 1. The second-order valence-electron chi connectivity index (χ2n) is 5.03. The Labute approximate surface area is 124 Å². The van der Waals surface area contributed by atoms with Crippen LogP contribution in [0.1, 0.15) is 16.7 Å². The van der Waals surface area contributed by atoms with Crippen molar-refractivity contribution in [1.29, 1.82) is 0 Å². The Morgan fingerprint density at radius 1 is 1.10 bits per heavy atom. The van der Waals surface area contributed by atoms with E-state index in [1.165, 1.54) is 0 Å². The summed E-state index contributed by atoms with van der Waals surface area (Å²) >= 11 is 0. The molecule has 0 fully saturated rings. The zero-order chi connectivity index (χ0) is 15.2. The lowest BCUT2D eigenvalue weighted by Crippen LogP contribution is -2.22. The zero-order valence-electron chi connectivity index (χ0n) is 12.3. The van der Waals surface area contributed by atoms with Crippen LogP contribution in [0.25, 0.3) is 0 Å². The third kappa shape index (κ3) is 4.07. The van der Waals surface area contributed by atoms with Crippen LogP contribution in [0.5, 0.6) is 0 Å². The highest BCUT2D eigenvalue weighted by molar-refractivity contribution is 5.94. The summed E-state index contributed by atoms with van der Waals surface area (Å²) in [6.45, 7) is 4.19. The number of hydrogen-bond acceptors (Lipinski definition) is 3. The van der Waals surface area contributed by atoms with Gasteiger partial charge >= 0.3 is 0 Å². The fraction of sp³-hybridized carbons (Fsp3) is 0.235. The van der Waals surface area contributed by atoms with Gasteiger partial charge in [0, 0.05) is 11.4 Å². The summed E-state index contributed by atoms with van der Waals surface area (Å²) < 4.78 is 0. The fourth-order valence-corrected chi connectivity index (χ4v) is 2.21. The van der Waals surface area contributed by atoms with Crippen LogP contribution in [0.2, 0.25) is 0 Å². The maximum atomic E-state index is 12.0. The monoisotopic (exact) mass is 284 g/mol. The van der Waals surface area contributed by atoms with E-state index in [0.717, 1.165) is 22.4 Å². The fourth-order valence-electron chi connectivity index (χ4n) is 2.21. The summed E-state index contributed by atoms with van der Waals surface area (Å²) in [6.07, 6.45) is 0. The standard InChI is InChI=1S/C17H20N2O2/c1-12-5-3-6-13(2)17(12)18-10-16(21)19-15-8-4-7-14(9-15)11-20/h3-9,18,20H,10-11H2,1-2H3,(H,19,21). The van der Waals surface area contributed by atoms with Crippen LogP contribution in [-0.2, 0) is 11.4 Å². The Morgan fingerprint density at radius 3 is 2.43 bits per heavy atom. The number of hydrogen-bond donors (Lipinski definition) is 3. The third-order valence-electron chi connectivity index (χ3n) is 3.30. The van der Waals surface area contributed by atoms with E-state index in [-0.39, 0.29) is 19.1 Å². The molecule has 0 aliphatic rings. The van der Waals surface area contributed by atoms with Crippen molar-refractivity contribution in [3.05, 3.63) is 59.2 Å². The lowest BCUT2D eigenvalue weighted by atomic mass is 10.1. The molecular weight excluding hydrogens is 264 g/mol. The number of anilines is 2. The van der Waals surface area contributed by atoms with E-state index in [9.17, 15) is 4.79 Å². The molecule has 0 spiro atoms. The van der Waals surface area contributed by atoms with Crippen LogP contribution in [0.4, 0.5) is 11.4 Å². The van der Waals surface area contributed by atoms with Crippen molar-refractivity contribution < 1.29 is 9.90 Å². The summed E-state index contributed by atoms with van der Waals surface area (Å²) in [5.74, 6) is -0.118. The van der Waals surface area contributed by atoms with Gasteiger partial charge in [-0.2, -0.15) is 0 Å². The molecule has 0 saturated heterocycles. The van der Waals surface area contributed by atoms with Crippen molar-refractivity contribution in [1.82, 2.24) is 0 Å². The minimum atomic E-state index is -0.118. The number of nitrogens with one attached hydrogen (secondary N) is 2. The maximum absolute atomic E-state index is 12.0. The molecule has 2 aromatic rings. The van der Waals surface area contributed by atoms with Crippen LogP contribution in [-0.4, -0.2) is 17.6 Å². The van der Waals surface area contributed by atoms with Crippen LogP contribution in [0.15, 0.2) is 42.5 Å². The molecular formula is C17H20N2O2. The molecule has 21 heavy (non-hydrogen) atoms. The highest BCUT2D eigenvalue weighted by atomic mass is 16.3. The molecule has 0 aliphatic heterocycles. The molecule has 2 aromatic carbocycles. The van der Waals surface area contributed by atoms with Crippen LogP contribution >= 0.6 is 0 Å². The number of para-hydroxylation sites is 1. The van der Waals surface area contributed by atoms with Gasteiger partial charge in [0.25, 0.3) is 0 Å². The SMILES string of the molecule is Cc1cccc(C)c1NCC(=O)Nc1cccc(CO)c1. The van der Waals surface area contributed by atoms with Gasteiger partial charge in [0.1, 0.15) is 0 Å². The van der Waals surface area contributed by atoms with Crippen molar-refractivity contribution >= 4 is 17.3 Å². The zero-order valence-corrected chi connectivity index (χ0v) is 12.3. The number of carbonyl (C=O) groups is 1. The number of rotatable bonds is 5. The van der Waals surface area contributed by atoms with Crippen LogP contribution < -0.4 is 10.6 Å². The molecule has 0 unspecified atom stereocenters. The largest absolute Gasteiger partial charge is 0.392 e. The molecule has 4 nitrogen and oxygen atoms in total. The highest BCUT2D eigenvalue weighted by Crippen LogP contribution is 2.19. The van der Waals surface area contributed by atoms with E-state index in [1.54, 1.807) is 18.2 Å². The first kappa shape index (κ1) is 15.1. The van der Waals surface area contributed by atoms with Gasteiger partial charge in [0.05, 0.1) is 13.2 Å². The minimum Gasteiger partial charge on any atom is -0.392 e. The maximum Gasteiger partial charge on any atom is 0.243 e. The van der Waals surface area contributed by atoms with Gasteiger partial charge in [-0.15, -0.1) is 0 Å². The summed E-state index contributed by atoms with van der Waals surface area (Å²) in [7, 11) is 0. The average molecular weight is 284 g/mol. The van der Waals surface area contributed by atoms with Gasteiger partial charge < -0.3 is 15.7 Å². The first-order valence-electron chi connectivity index (χ1n) is 6.90. The minimum absolute atomic E-state index is 0.0373. The van der Waals surface area contributed by atoms with E-state index < -0.39 is 0 Å². The Kier molecular flexibility index (Phi) is 4.95. The molecule has 0 atom stereocenters. The van der Waals surface area contributed by atoms with E-state index in [2.05, 4.69) is 10.6 Å². The Morgan fingerprint density at radius 2 is 1.76 bits per heavy atom. The van der Waals surface area contributed by atoms with E-state index >= 15 is 0 Å². The molecule has 0 aromatic heterocycles. The molecule has 0 heterocycles. The van der Waals surface area contributed by atoms with Gasteiger partial charge in [-0.1, -0.05) is 30.3 Å². The number of aryl methyl sites for hydroxylation is 2. The van der Waals surface area contributed by atoms with Gasteiger partial charge in [0.2, 0.25) is 5.91 Å². The van der Waals surface area contributed by atoms with E-state index in [0.29, 0.717) is 5.69 Å². The Bertz CT molecular complexity index is 618. The van der Waals surface area contributed by atoms with Gasteiger partial charge in [0.15, 0.2) is 0 Å². The quantitative estimate of drug-likeness (QED) is 0.791. The van der Waals surface area contributed by atoms with Gasteiger partial charge in [-0.05, 0) is 42.7 Å². The lowest BCUT2D eigenvalue weighted by molar-refractivity contribution is -0.114. The molecule has 4 heteroatoms. The lowest BCUT2D eigenvalue weighted by Gasteiger charge is -2.12. The van der Waals surface area contributed by atoms with Crippen molar-refractivity contribution in [2.24, 2.45) is 0 Å². The van der Waals surface area contributed by atoms with Crippen molar-refractivity contribution in [3.8, 4) is 0 Å². The second kappa shape index (κ2) is 6.90. The predicted octanol–water partition coefficient (Wildman–Crippen LogP) is 2.85. The molecule has 0 aliphatic carbocycles. The number of aliphatic hydroxyl groups excluding tert-OH is 1. The van der Waals surface area contributed by atoms with Crippen molar-refractivity contribution in [2.75, 3.05) is 17.2 Å². The topological polar surface area (TPSA) is 61.4 Å². The molecule has 2 rings (SSSR count). The number of carbonyl (C=O) groups excluding carboxylic acids is 1. The average Bonchev–Trinajstić information content (AvgIpc) is 2.47. The van der Waals surface area contributed by atoms with Gasteiger partial charge in [-0.25, -0.2) is 0 Å². The molecule has 0 saturated carbocycles. The highest BCUT2D eigenvalue weighted by Gasteiger charge is 2.06. The third-order valence-corrected chi connectivity index (χ3v) is 3.30. The summed E-state index contributed by atoms with van der Waals surface area (Å²) in [5.41, 5.74) is 4.69. The summed E-state index contributed by atoms with van der Waals surface area (Å²) in [4.78, 5) is 12.0. The summed E-state index contributed by atoms with van der Waals surface area (Å²) in [5, 5.41) is 15.1. The Balaban J connectivity index is 1.96. The second-order valence-corrected chi connectivity index (χ2v) is 5.03. The van der Waals surface area contributed by atoms with Gasteiger partial charge in [-0.3, -0.25) is 4.79 Å². The van der Waals surface area contributed by atoms with E-state index in [4.69, 9.17) is 5.11 Å². The first-order chi connectivity index (χ1) is 10.1. The number of benzene rings is 2. The molecule has 0 radical (unpaired) electrons. The molecule has 0 bridgehead atoms. The smallest absolute Gasteiger partial charge is 0.243 e. The molecule has 3 N–H and O–H groups in total. The Hall–Kier alpha value is -2.33. The van der Waals surface area contributed by atoms with Crippen LogP contribution in [0, 0.1) is 13.8 Å². The van der Waals surface area contributed by atoms with Crippen molar-refractivity contribution in [3.63, 3.8) is 0 Å². The molecule has 1 amide bonds. The first-order valence-corrected chi connectivity index (χ1v) is 6.90. The predicted molar refractivity (Wildman–Crippen MR) is 85.4 cm³/mol. The molecule has 110 valence electrons.